The van der Waals surface area contributed by atoms with Gasteiger partial charge in [0.2, 0.25) is 5.91 Å². The summed E-state index contributed by atoms with van der Waals surface area (Å²) in [6, 6.07) is 2.35. The molecule has 0 radical (unpaired) electrons. The minimum absolute atomic E-state index is 0.161. The summed E-state index contributed by atoms with van der Waals surface area (Å²) in [5, 5.41) is 8.69. The van der Waals surface area contributed by atoms with Crippen molar-refractivity contribution < 1.29 is 4.79 Å². The molecule has 2 fully saturated rings. The number of carbonyl (C=O) groups is 1. The largest absolute Gasteiger partial charge is 0.350 e. The molecule has 0 bridgehead atoms. The first-order valence-corrected chi connectivity index (χ1v) is 7.46. The third kappa shape index (κ3) is 2.35. The van der Waals surface area contributed by atoms with Gasteiger partial charge in [-0.2, -0.15) is 0 Å². The molecule has 0 aromatic carbocycles. The van der Waals surface area contributed by atoms with Crippen LogP contribution in [0.25, 0.3) is 0 Å². The smallest absolute Gasteiger partial charge is 0.219 e. The first kappa shape index (κ1) is 13.6. The summed E-state index contributed by atoms with van der Waals surface area (Å²) in [6.45, 7) is 6.25. The summed E-state index contributed by atoms with van der Waals surface area (Å²) >= 11 is 5.94. The fraction of sp³-hybridized carbons (Fsp3) is 0.643. The van der Waals surface area contributed by atoms with Gasteiger partial charge in [-0.15, -0.1) is 10.2 Å². The predicted octanol–water partition coefficient (Wildman–Crippen LogP) is 1.89. The van der Waals surface area contributed by atoms with Crippen molar-refractivity contribution >= 4 is 23.3 Å². The molecule has 2 atom stereocenters. The average molecular weight is 295 g/mol. The Balaban J connectivity index is 1.83. The van der Waals surface area contributed by atoms with Gasteiger partial charge in [0.15, 0.2) is 11.0 Å². The lowest BCUT2D eigenvalue weighted by atomic mass is 9.92. The SMILES string of the molecule is CC(=O)N1CC[C@H]2CCN(c3cc(C)c(Cl)nn3)[C@H]2C1. The molecule has 3 rings (SSSR count). The molecular weight excluding hydrogens is 276 g/mol. The monoisotopic (exact) mass is 294 g/mol. The number of anilines is 1. The van der Waals surface area contributed by atoms with E-state index in [1.54, 1.807) is 6.92 Å². The third-order valence-electron chi connectivity index (χ3n) is 4.51. The molecule has 0 N–H and O–H groups in total. The topological polar surface area (TPSA) is 49.3 Å². The molecule has 0 unspecified atom stereocenters. The number of aryl methyl sites for hydroxylation is 1. The zero-order valence-corrected chi connectivity index (χ0v) is 12.6. The van der Waals surface area contributed by atoms with E-state index in [1.165, 1.54) is 6.42 Å². The summed E-state index contributed by atoms with van der Waals surface area (Å²) in [5.41, 5.74) is 0.944. The van der Waals surface area contributed by atoms with Gasteiger partial charge >= 0.3 is 0 Å². The van der Waals surface area contributed by atoms with Gasteiger partial charge in [0.05, 0.1) is 6.04 Å². The van der Waals surface area contributed by atoms with Gasteiger partial charge in [-0.1, -0.05) is 11.6 Å². The number of nitrogens with zero attached hydrogens (tertiary/aromatic N) is 4. The Morgan fingerprint density at radius 1 is 1.35 bits per heavy atom. The minimum atomic E-state index is 0.161. The highest BCUT2D eigenvalue weighted by atomic mass is 35.5. The van der Waals surface area contributed by atoms with Crippen molar-refractivity contribution in [3.63, 3.8) is 0 Å². The molecule has 1 amide bonds. The van der Waals surface area contributed by atoms with Crippen LogP contribution in [0.2, 0.25) is 5.15 Å². The van der Waals surface area contributed by atoms with Crippen molar-refractivity contribution in [2.75, 3.05) is 24.5 Å². The van der Waals surface area contributed by atoms with E-state index in [4.69, 9.17) is 11.6 Å². The number of rotatable bonds is 1. The number of fused-ring (bicyclic) bond motifs is 1. The molecule has 1 aromatic rings. The Kier molecular flexibility index (Phi) is 3.54. The number of likely N-dealkylation sites (tertiary alicyclic amines) is 1. The molecule has 5 nitrogen and oxygen atoms in total. The van der Waals surface area contributed by atoms with E-state index in [-0.39, 0.29) is 5.91 Å². The Morgan fingerprint density at radius 2 is 2.10 bits per heavy atom. The van der Waals surface area contributed by atoms with E-state index in [2.05, 4.69) is 15.1 Å². The number of hydrogen-bond donors (Lipinski definition) is 0. The summed E-state index contributed by atoms with van der Waals surface area (Å²) in [7, 11) is 0. The molecule has 2 aliphatic rings. The van der Waals surface area contributed by atoms with Crippen LogP contribution in [0.15, 0.2) is 6.07 Å². The van der Waals surface area contributed by atoms with E-state index < -0.39 is 0 Å². The fourth-order valence-corrected chi connectivity index (χ4v) is 3.40. The molecule has 1 aromatic heterocycles. The maximum Gasteiger partial charge on any atom is 0.219 e. The van der Waals surface area contributed by atoms with Gasteiger partial charge in [-0.3, -0.25) is 4.79 Å². The van der Waals surface area contributed by atoms with Gasteiger partial charge in [0.25, 0.3) is 0 Å². The summed E-state index contributed by atoms with van der Waals surface area (Å²) in [5.74, 6) is 1.70. The standard InChI is InChI=1S/C14H19ClN4O/c1-9-7-13(16-17-14(9)15)19-6-4-11-3-5-18(10(2)20)8-12(11)19/h7,11-12H,3-6,8H2,1-2H3/t11-,12-/m0/s1. The number of carbonyl (C=O) groups excluding carboxylic acids is 1. The van der Waals surface area contributed by atoms with Crippen LogP contribution in [0.4, 0.5) is 5.82 Å². The van der Waals surface area contributed by atoms with E-state index in [1.807, 2.05) is 17.9 Å². The van der Waals surface area contributed by atoms with Crippen molar-refractivity contribution in [1.82, 2.24) is 15.1 Å². The van der Waals surface area contributed by atoms with Crippen LogP contribution in [-0.2, 0) is 4.79 Å². The van der Waals surface area contributed by atoms with E-state index in [0.29, 0.717) is 17.1 Å². The highest BCUT2D eigenvalue weighted by molar-refractivity contribution is 6.30. The van der Waals surface area contributed by atoms with Gasteiger partial charge in [0.1, 0.15) is 0 Å². The Hall–Kier alpha value is -1.36. The van der Waals surface area contributed by atoms with Crippen LogP contribution in [0, 0.1) is 12.8 Å². The second kappa shape index (κ2) is 5.20. The second-order valence-corrected chi connectivity index (χ2v) is 6.10. The first-order chi connectivity index (χ1) is 9.56. The third-order valence-corrected chi connectivity index (χ3v) is 4.89. The van der Waals surface area contributed by atoms with Crippen molar-refractivity contribution in [1.29, 1.82) is 0 Å². The highest BCUT2D eigenvalue weighted by Gasteiger charge is 2.39. The number of piperidine rings is 1. The zero-order chi connectivity index (χ0) is 14.3. The molecule has 108 valence electrons. The van der Waals surface area contributed by atoms with E-state index in [9.17, 15) is 4.79 Å². The van der Waals surface area contributed by atoms with Gasteiger partial charge in [0, 0.05) is 26.6 Å². The first-order valence-electron chi connectivity index (χ1n) is 7.08. The quantitative estimate of drug-likeness (QED) is 0.793. The molecule has 0 saturated carbocycles. The molecule has 2 saturated heterocycles. The van der Waals surface area contributed by atoms with Crippen LogP contribution < -0.4 is 4.90 Å². The summed E-state index contributed by atoms with van der Waals surface area (Å²) in [4.78, 5) is 15.8. The molecule has 0 spiro atoms. The van der Waals surface area contributed by atoms with Gasteiger partial charge in [-0.25, -0.2) is 0 Å². The maximum atomic E-state index is 11.6. The average Bonchev–Trinajstić information content (AvgIpc) is 2.84. The lowest BCUT2D eigenvalue weighted by molar-refractivity contribution is -0.130. The molecule has 6 heteroatoms. The zero-order valence-electron chi connectivity index (χ0n) is 11.8. The molecule has 0 aliphatic carbocycles. The fourth-order valence-electron chi connectivity index (χ4n) is 3.31. The van der Waals surface area contributed by atoms with Gasteiger partial charge in [-0.05, 0) is 37.3 Å². The number of hydrogen-bond acceptors (Lipinski definition) is 4. The van der Waals surface area contributed by atoms with E-state index >= 15 is 0 Å². The normalized spacial score (nSPS) is 25.8. The van der Waals surface area contributed by atoms with Crippen LogP contribution in [0.3, 0.4) is 0 Å². The molecule has 20 heavy (non-hydrogen) atoms. The number of aromatic nitrogens is 2. The minimum Gasteiger partial charge on any atom is -0.350 e. The van der Waals surface area contributed by atoms with Crippen LogP contribution in [0.1, 0.15) is 25.3 Å². The summed E-state index contributed by atoms with van der Waals surface area (Å²) < 4.78 is 0. The molecule has 2 aliphatic heterocycles. The van der Waals surface area contributed by atoms with Crippen LogP contribution >= 0.6 is 11.6 Å². The lowest BCUT2D eigenvalue weighted by Gasteiger charge is -2.38. The lowest BCUT2D eigenvalue weighted by Crippen LogP contribution is -2.49. The summed E-state index contributed by atoms with van der Waals surface area (Å²) in [6.07, 6.45) is 2.25. The number of amides is 1. The predicted molar refractivity (Wildman–Crippen MR) is 77.9 cm³/mol. The second-order valence-electron chi connectivity index (χ2n) is 5.74. The van der Waals surface area contributed by atoms with E-state index in [0.717, 1.165) is 37.4 Å². The molecule has 3 heterocycles. The van der Waals surface area contributed by atoms with Crippen molar-refractivity contribution in [2.24, 2.45) is 5.92 Å². The molecular formula is C14H19ClN4O. The Morgan fingerprint density at radius 3 is 2.80 bits per heavy atom. The maximum absolute atomic E-state index is 11.6. The van der Waals surface area contributed by atoms with Crippen molar-refractivity contribution in [3.05, 3.63) is 16.8 Å². The number of halogens is 1. The highest BCUT2D eigenvalue weighted by Crippen LogP contribution is 2.34. The van der Waals surface area contributed by atoms with Crippen LogP contribution in [-0.4, -0.2) is 46.7 Å². The van der Waals surface area contributed by atoms with Crippen molar-refractivity contribution in [2.45, 2.75) is 32.7 Å². The Labute approximate surface area is 123 Å². The van der Waals surface area contributed by atoms with Gasteiger partial charge < -0.3 is 9.80 Å². The Bertz CT molecular complexity index is 536. The van der Waals surface area contributed by atoms with Crippen LogP contribution in [0.5, 0.6) is 0 Å². The van der Waals surface area contributed by atoms with Crippen molar-refractivity contribution in [3.8, 4) is 0 Å².